The number of rotatable bonds is 2. The molecule has 0 saturated carbocycles. The molecule has 0 fully saturated rings. The van der Waals surface area contributed by atoms with E-state index in [2.05, 4.69) is 10.3 Å². The van der Waals surface area contributed by atoms with Gasteiger partial charge in [0.2, 0.25) is 0 Å². The third kappa shape index (κ3) is 3.22. The van der Waals surface area contributed by atoms with E-state index in [-0.39, 0.29) is 32.0 Å². The predicted octanol–water partition coefficient (Wildman–Crippen LogP) is 4.95. The lowest BCUT2D eigenvalue weighted by molar-refractivity contribution is 0.0920. The number of aromatic nitrogens is 1. The number of fused-ring (bicyclic) bond motifs is 1. The van der Waals surface area contributed by atoms with Crippen LogP contribution in [-0.4, -0.2) is 17.5 Å². The van der Waals surface area contributed by atoms with E-state index in [4.69, 9.17) is 51.1 Å². The van der Waals surface area contributed by atoms with Crippen molar-refractivity contribution in [1.82, 2.24) is 10.3 Å². The van der Waals surface area contributed by atoms with Crippen molar-refractivity contribution in [2.45, 2.75) is 12.5 Å². The van der Waals surface area contributed by atoms with Gasteiger partial charge in [-0.05, 0) is 6.07 Å². The van der Waals surface area contributed by atoms with Gasteiger partial charge in [0.15, 0.2) is 0 Å². The molecule has 0 saturated heterocycles. The molecule has 0 bridgehead atoms. The Morgan fingerprint density at radius 2 is 1.87 bits per heavy atom. The van der Waals surface area contributed by atoms with Crippen molar-refractivity contribution in [3.63, 3.8) is 0 Å². The van der Waals surface area contributed by atoms with E-state index in [1.165, 1.54) is 0 Å². The standard InChI is InChI=1S/C15H10Cl4N2O2/c16-10-11(17)13(21-14(19)12(10)18)15(22)20-8-5-6-23-9-4-2-1-3-7(8)9/h1-4,8H,5-6H2,(H,20,22)/t8-/m1/s1. The summed E-state index contributed by atoms with van der Waals surface area (Å²) in [5.74, 6) is 0.271. The molecule has 4 nitrogen and oxygen atoms in total. The van der Waals surface area contributed by atoms with Gasteiger partial charge in [0, 0.05) is 12.0 Å². The smallest absolute Gasteiger partial charge is 0.272 e. The van der Waals surface area contributed by atoms with E-state index in [1.54, 1.807) is 0 Å². The second-order valence-electron chi connectivity index (χ2n) is 4.89. The monoisotopic (exact) mass is 390 g/mol. The van der Waals surface area contributed by atoms with Crippen LogP contribution < -0.4 is 10.1 Å². The molecule has 1 atom stereocenters. The second kappa shape index (κ2) is 6.73. The van der Waals surface area contributed by atoms with E-state index in [0.717, 1.165) is 11.3 Å². The normalized spacial score (nSPS) is 16.4. The van der Waals surface area contributed by atoms with Gasteiger partial charge in [-0.3, -0.25) is 4.79 Å². The minimum absolute atomic E-state index is 0.00543. The first-order chi connectivity index (χ1) is 11.0. The third-order valence-electron chi connectivity index (χ3n) is 3.46. The summed E-state index contributed by atoms with van der Waals surface area (Å²) in [5.41, 5.74) is 0.837. The molecule has 1 aliphatic rings. The topological polar surface area (TPSA) is 51.2 Å². The summed E-state index contributed by atoms with van der Waals surface area (Å²) in [7, 11) is 0. The van der Waals surface area contributed by atoms with Gasteiger partial charge >= 0.3 is 0 Å². The van der Waals surface area contributed by atoms with Crippen molar-refractivity contribution in [3.8, 4) is 5.75 Å². The van der Waals surface area contributed by atoms with Crippen molar-refractivity contribution in [1.29, 1.82) is 0 Å². The van der Waals surface area contributed by atoms with Crippen molar-refractivity contribution in [3.05, 3.63) is 55.7 Å². The van der Waals surface area contributed by atoms with Gasteiger partial charge in [-0.1, -0.05) is 64.6 Å². The molecule has 8 heteroatoms. The van der Waals surface area contributed by atoms with Crippen LogP contribution in [0.5, 0.6) is 5.75 Å². The fourth-order valence-electron chi connectivity index (χ4n) is 2.36. The highest BCUT2D eigenvalue weighted by Gasteiger charge is 2.26. The van der Waals surface area contributed by atoms with Gasteiger partial charge < -0.3 is 10.1 Å². The van der Waals surface area contributed by atoms with Crippen LogP contribution in [0.1, 0.15) is 28.5 Å². The number of halogens is 4. The average molecular weight is 392 g/mol. The molecule has 1 aromatic heterocycles. The van der Waals surface area contributed by atoms with Crippen LogP contribution in [0.3, 0.4) is 0 Å². The van der Waals surface area contributed by atoms with Crippen LogP contribution in [0.15, 0.2) is 24.3 Å². The summed E-state index contributed by atoms with van der Waals surface area (Å²) in [6.07, 6.45) is 0.634. The van der Waals surface area contributed by atoms with Crippen LogP contribution in [0.2, 0.25) is 20.2 Å². The number of nitrogens with one attached hydrogen (secondary N) is 1. The molecule has 2 heterocycles. The molecule has 23 heavy (non-hydrogen) atoms. The maximum atomic E-state index is 12.5. The number of nitrogens with zero attached hydrogens (tertiary/aromatic N) is 1. The first kappa shape index (κ1) is 16.7. The maximum Gasteiger partial charge on any atom is 0.272 e. The molecule has 3 rings (SSSR count). The SMILES string of the molecule is O=C(N[C@@H]1CCOc2ccccc21)c1nc(Cl)c(Cl)c(Cl)c1Cl. The first-order valence-electron chi connectivity index (χ1n) is 6.71. The molecular weight excluding hydrogens is 382 g/mol. The van der Waals surface area contributed by atoms with E-state index < -0.39 is 5.91 Å². The number of hydrogen-bond acceptors (Lipinski definition) is 3. The molecule has 2 aromatic rings. The number of ether oxygens (including phenoxy) is 1. The van der Waals surface area contributed by atoms with Gasteiger partial charge in [-0.2, -0.15) is 0 Å². The van der Waals surface area contributed by atoms with E-state index in [9.17, 15) is 4.79 Å². The van der Waals surface area contributed by atoms with Crippen LogP contribution in [0.25, 0.3) is 0 Å². The van der Waals surface area contributed by atoms with Gasteiger partial charge in [0.25, 0.3) is 5.91 Å². The summed E-state index contributed by atoms with van der Waals surface area (Å²) in [6, 6.07) is 7.30. The van der Waals surface area contributed by atoms with Crippen LogP contribution >= 0.6 is 46.4 Å². The third-order valence-corrected chi connectivity index (χ3v) is 5.14. The van der Waals surface area contributed by atoms with Crippen molar-refractivity contribution < 1.29 is 9.53 Å². The van der Waals surface area contributed by atoms with Crippen molar-refractivity contribution >= 4 is 52.3 Å². The van der Waals surface area contributed by atoms with Gasteiger partial charge in [-0.25, -0.2) is 4.98 Å². The van der Waals surface area contributed by atoms with E-state index in [0.29, 0.717) is 13.0 Å². The molecule has 0 aliphatic carbocycles. The minimum Gasteiger partial charge on any atom is -0.493 e. The summed E-state index contributed by atoms with van der Waals surface area (Å²) in [5, 5.41) is 2.81. The number of amides is 1. The van der Waals surface area contributed by atoms with Crippen LogP contribution in [-0.2, 0) is 0 Å². The molecule has 1 aliphatic heterocycles. The molecular formula is C15H10Cl4N2O2. The maximum absolute atomic E-state index is 12.5. The van der Waals surface area contributed by atoms with Crippen molar-refractivity contribution in [2.24, 2.45) is 0 Å². The van der Waals surface area contributed by atoms with Crippen molar-refractivity contribution in [2.75, 3.05) is 6.61 Å². The van der Waals surface area contributed by atoms with Gasteiger partial charge in [-0.15, -0.1) is 0 Å². The fourth-order valence-corrected chi connectivity index (χ4v) is 3.17. The first-order valence-corrected chi connectivity index (χ1v) is 8.22. The molecule has 1 aromatic carbocycles. The lowest BCUT2D eigenvalue weighted by atomic mass is 10.0. The lowest BCUT2D eigenvalue weighted by Crippen LogP contribution is -2.32. The Bertz CT molecular complexity index is 782. The average Bonchev–Trinajstić information content (AvgIpc) is 2.56. The molecule has 0 radical (unpaired) electrons. The number of para-hydroxylation sites is 1. The van der Waals surface area contributed by atoms with E-state index in [1.807, 2.05) is 24.3 Å². The zero-order valence-corrected chi connectivity index (χ0v) is 14.6. The number of benzene rings is 1. The Kier molecular flexibility index (Phi) is 4.87. The summed E-state index contributed by atoms with van der Waals surface area (Å²) in [4.78, 5) is 16.4. The summed E-state index contributed by atoms with van der Waals surface area (Å²) < 4.78 is 5.57. The fraction of sp³-hybridized carbons (Fsp3) is 0.200. The van der Waals surface area contributed by atoms with E-state index >= 15 is 0 Å². The van der Waals surface area contributed by atoms with Crippen LogP contribution in [0.4, 0.5) is 0 Å². The molecule has 1 N–H and O–H groups in total. The Morgan fingerprint density at radius 1 is 1.13 bits per heavy atom. The summed E-state index contributed by atoms with van der Waals surface area (Å²) in [6.45, 7) is 0.505. The largest absolute Gasteiger partial charge is 0.493 e. The lowest BCUT2D eigenvalue weighted by Gasteiger charge is -2.26. The van der Waals surface area contributed by atoms with Gasteiger partial charge in [0.1, 0.15) is 16.6 Å². The van der Waals surface area contributed by atoms with Gasteiger partial charge in [0.05, 0.1) is 27.7 Å². The zero-order valence-electron chi connectivity index (χ0n) is 11.6. The Hall–Kier alpha value is -1.20. The quantitative estimate of drug-likeness (QED) is 0.737. The molecule has 120 valence electrons. The Balaban J connectivity index is 1.89. The minimum atomic E-state index is -0.475. The summed E-state index contributed by atoms with van der Waals surface area (Å²) >= 11 is 23.8. The second-order valence-corrected chi connectivity index (χ2v) is 6.39. The van der Waals surface area contributed by atoms with Crippen LogP contribution in [0, 0.1) is 0 Å². The molecule has 0 spiro atoms. The highest BCUT2D eigenvalue weighted by atomic mass is 35.5. The number of carbonyl (C=O) groups excluding carboxylic acids is 1. The Labute approximate surface area is 152 Å². The highest BCUT2D eigenvalue weighted by molar-refractivity contribution is 6.52. The molecule has 0 unspecified atom stereocenters. The Morgan fingerprint density at radius 3 is 2.65 bits per heavy atom. The number of pyridine rings is 1. The number of hydrogen-bond donors (Lipinski definition) is 1. The highest BCUT2D eigenvalue weighted by Crippen LogP contribution is 2.37. The zero-order chi connectivity index (χ0) is 16.6. The number of carbonyl (C=O) groups is 1. The predicted molar refractivity (Wildman–Crippen MR) is 91.0 cm³/mol. The molecule has 1 amide bonds.